The van der Waals surface area contributed by atoms with Gasteiger partial charge in [0, 0.05) is 16.9 Å². The van der Waals surface area contributed by atoms with Crippen LogP contribution in [0.5, 0.6) is 5.75 Å². The number of para-hydroxylation sites is 1. The second kappa shape index (κ2) is 7.05. The molecule has 3 amide bonds. The van der Waals surface area contributed by atoms with Gasteiger partial charge in [0.05, 0.1) is 16.6 Å². The molecule has 4 N–H and O–H groups in total. The van der Waals surface area contributed by atoms with Gasteiger partial charge in [0.1, 0.15) is 11.6 Å². The highest BCUT2D eigenvalue weighted by Gasteiger charge is 2.32. The maximum absolute atomic E-state index is 13.3. The number of rotatable bonds is 3. The summed E-state index contributed by atoms with van der Waals surface area (Å²) in [6, 6.07) is 8.87. The minimum absolute atomic E-state index is 0.0531. The lowest BCUT2D eigenvalue weighted by Crippen LogP contribution is -2.46. The van der Waals surface area contributed by atoms with Crippen LogP contribution in [-0.2, 0) is 4.79 Å². The molecule has 1 atom stereocenters. The van der Waals surface area contributed by atoms with Gasteiger partial charge in [-0.1, -0.05) is 29.8 Å². The first-order valence-electron chi connectivity index (χ1n) is 7.69. The molecule has 0 bridgehead atoms. The summed E-state index contributed by atoms with van der Waals surface area (Å²) in [4.78, 5) is 24.6. The van der Waals surface area contributed by atoms with Crippen LogP contribution in [0.4, 0.5) is 14.9 Å². The average molecular weight is 376 g/mol. The topological polar surface area (TPSA) is 90.5 Å². The number of hydrogen-bond acceptors (Lipinski definition) is 3. The van der Waals surface area contributed by atoms with Crippen LogP contribution in [0.25, 0.3) is 0 Å². The van der Waals surface area contributed by atoms with Gasteiger partial charge in [0.15, 0.2) is 0 Å². The van der Waals surface area contributed by atoms with E-state index in [4.69, 9.17) is 11.6 Å². The molecule has 3 rings (SSSR count). The number of aromatic hydroxyl groups is 1. The van der Waals surface area contributed by atoms with Gasteiger partial charge >= 0.3 is 6.03 Å². The van der Waals surface area contributed by atoms with Gasteiger partial charge in [0.2, 0.25) is 0 Å². The van der Waals surface area contributed by atoms with E-state index in [1.807, 2.05) is 0 Å². The first-order chi connectivity index (χ1) is 12.4. The van der Waals surface area contributed by atoms with E-state index in [1.54, 1.807) is 25.1 Å². The number of allylic oxidation sites excluding steroid dienone is 1. The van der Waals surface area contributed by atoms with Crippen molar-refractivity contribution < 1.29 is 19.1 Å². The Morgan fingerprint density at radius 3 is 2.69 bits per heavy atom. The van der Waals surface area contributed by atoms with Crippen molar-refractivity contribution in [3.63, 3.8) is 0 Å². The van der Waals surface area contributed by atoms with Crippen molar-refractivity contribution in [2.45, 2.75) is 13.0 Å². The third-order valence-corrected chi connectivity index (χ3v) is 4.23. The molecule has 134 valence electrons. The number of nitrogens with one attached hydrogen (secondary N) is 3. The van der Waals surface area contributed by atoms with Crippen molar-refractivity contribution in [3.8, 4) is 5.75 Å². The average Bonchev–Trinajstić information content (AvgIpc) is 2.57. The number of carbonyl (C=O) groups is 2. The largest absolute Gasteiger partial charge is 0.508 e. The summed E-state index contributed by atoms with van der Waals surface area (Å²) in [6.07, 6.45) is 0. The van der Waals surface area contributed by atoms with Crippen LogP contribution in [0.15, 0.2) is 53.7 Å². The highest BCUT2D eigenvalue weighted by Crippen LogP contribution is 2.33. The van der Waals surface area contributed by atoms with E-state index in [2.05, 4.69) is 16.0 Å². The Hall–Kier alpha value is -3.06. The summed E-state index contributed by atoms with van der Waals surface area (Å²) in [6.45, 7) is 1.58. The zero-order chi connectivity index (χ0) is 18.8. The Kier molecular flexibility index (Phi) is 4.81. The van der Waals surface area contributed by atoms with Crippen LogP contribution >= 0.6 is 11.6 Å². The van der Waals surface area contributed by atoms with E-state index in [0.717, 1.165) is 6.07 Å². The van der Waals surface area contributed by atoms with Gasteiger partial charge in [-0.3, -0.25) is 4.79 Å². The molecule has 1 unspecified atom stereocenters. The predicted octanol–water partition coefficient (Wildman–Crippen LogP) is 3.45. The molecule has 0 aliphatic carbocycles. The Morgan fingerprint density at radius 2 is 2.00 bits per heavy atom. The minimum atomic E-state index is -0.846. The lowest BCUT2D eigenvalue weighted by molar-refractivity contribution is -0.113. The number of anilines is 1. The number of phenols is 1. The smallest absolute Gasteiger partial charge is 0.319 e. The van der Waals surface area contributed by atoms with Crippen LogP contribution in [0.3, 0.4) is 0 Å². The third kappa shape index (κ3) is 3.48. The van der Waals surface area contributed by atoms with Crippen molar-refractivity contribution in [3.05, 3.63) is 70.1 Å². The van der Waals surface area contributed by atoms with Crippen LogP contribution in [-0.4, -0.2) is 17.0 Å². The van der Waals surface area contributed by atoms with Gasteiger partial charge < -0.3 is 21.1 Å². The standard InChI is InChI=1S/C18H15ClFN3O3/c1-9-15(17(25)22-10-6-7-13(20)12(19)8-10)16(23-18(26)21-9)11-4-2-3-5-14(11)24/h2-8,16,24H,1H3,(H,22,25)(H2,21,23,26). The second-order valence-electron chi connectivity index (χ2n) is 5.71. The Balaban J connectivity index is 1.97. The van der Waals surface area contributed by atoms with Crippen LogP contribution in [0, 0.1) is 5.82 Å². The zero-order valence-electron chi connectivity index (χ0n) is 13.6. The SMILES string of the molecule is CC1=C(C(=O)Nc2ccc(F)c(Cl)c2)C(c2ccccc2O)NC(=O)N1. The van der Waals surface area contributed by atoms with E-state index in [9.17, 15) is 19.1 Å². The molecule has 0 aromatic heterocycles. The monoisotopic (exact) mass is 375 g/mol. The van der Waals surface area contributed by atoms with Gasteiger partial charge in [-0.2, -0.15) is 0 Å². The molecule has 0 saturated carbocycles. The molecule has 6 nitrogen and oxygen atoms in total. The number of benzene rings is 2. The van der Waals surface area contributed by atoms with E-state index in [1.165, 1.54) is 18.2 Å². The highest BCUT2D eigenvalue weighted by molar-refractivity contribution is 6.31. The number of halogens is 2. The summed E-state index contributed by atoms with van der Waals surface area (Å²) in [5.41, 5.74) is 1.23. The van der Waals surface area contributed by atoms with E-state index in [0.29, 0.717) is 16.9 Å². The third-order valence-electron chi connectivity index (χ3n) is 3.94. The molecular formula is C18H15ClFN3O3. The van der Waals surface area contributed by atoms with E-state index < -0.39 is 23.8 Å². The Morgan fingerprint density at radius 1 is 1.27 bits per heavy atom. The predicted molar refractivity (Wildman–Crippen MR) is 95.3 cm³/mol. The number of amides is 3. The molecular weight excluding hydrogens is 361 g/mol. The summed E-state index contributed by atoms with van der Waals surface area (Å²) in [5.74, 6) is -1.17. The number of carbonyl (C=O) groups excluding carboxylic acids is 2. The Labute approximate surface area is 153 Å². The quantitative estimate of drug-likeness (QED) is 0.662. The molecule has 2 aromatic rings. The van der Waals surface area contributed by atoms with Gasteiger partial charge in [-0.05, 0) is 31.2 Å². The number of urea groups is 1. The van der Waals surface area contributed by atoms with Crippen molar-refractivity contribution in [2.75, 3.05) is 5.32 Å². The van der Waals surface area contributed by atoms with Crippen molar-refractivity contribution in [1.29, 1.82) is 0 Å². The fourth-order valence-corrected chi connectivity index (χ4v) is 2.91. The number of phenolic OH excluding ortho intramolecular Hbond substituents is 1. The fraction of sp³-hybridized carbons (Fsp3) is 0.111. The van der Waals surface area contributed by atoms with Gasteiger partial charge in [-0.25, -0.2) is 9.18 Å². The second-order valence-corrected chi connectivity index (χ2v) is 6.12. The molecule has 0 fully saturated rings. The molecule has 0 radical (unpaired) electrons. The zero-order valence-corrected chi connectivity index (χ0v) is 14.4. The Bertz CT molecular complexity index is 930. The molecule has 8 heteroatoms. The van der Waals surface area contributed by atoms with Crippen molar-refractivity contribution in [1.82, 2.24) is 10.6 Å². The van der Waals surface area contributed by atoms with Crippen LogP contribution < -0.4 is 16.0 Å². The lowest BCUT2D eigenvalue weighted by Gasteiger charge is -2.29. The van der Waals surface area contributed by atoms with E-state index in [-0.39, 0.29) is 16.3 Å². The maximum atomic E-state index is 13.3. The molecule has 2 aromatic carbocycles. The first kappa shape index (κ1) is 17.8. The minimum Gasteiger partial charge on any atom is -0.508 e. The summed E-state index contributed by atoms with van der Waals surface area (Å²) < 4.78 is 13.3. The summed E-state index contributed by atoms with van der Waals surface area (Å²) in [5, 5.41) is 17.8. The number of hydrogen-bond donors (Lipinski definition) is 4. The maximum Gasteiger partial charge on any atom is 0.319 e. The lowest BCUT2D eigenvalue weighted by atomic mass is 9.94. The van der Waals surface area contributed by atoms with E-state index >= 15 is 0 Å². The molecule has 0 saturated heterocycles. The van der Waals surface area contributed by atoms with Gasteiger partial charge in [-0.15, -0.1) is 0 Å². The van der Waals surface area contributed by atoms with Crippen LogP contribution in [0.1, 0.15) is 18.5 Å². The van der Waals surface area contributed by atoms with Gasteiger partial charge in [0.25, 0.3) is 5.91 Å². The van der Waals surface area contributed by atoms with Crippen molar-refractivity contribution >= 4 is 29.2 Å². The first-order valence-corrected chi connectivity index (χ1v) is 8.07. The molecule has 26 heavy (non-hydrogen) atoms. The van der Waals surface area contributed by atoms with Crippen molar-refractivity contribution in [2.24, 2.45) is 0 Å². The fourth-order valence-electron chi connectivity index (χ4n) is 2.73. The molecule has 1 aliphatic heterocycles. The summed E-state index contributed by atoms with van der Waals surface area (Å²) in [7, 11) is 0. The normalized spacial score (nSPS) is 16.7. The highest BCUT2D eigenvalue weighted by atomic mass is 35.5. The van der Waals surface area contributed by atoms with Crippen LogP contribution in [0.2, 0.25) is 5.02 Å². The molecule has 1 aliphatic rings. The molecule has 1 heterocycles. The molecule has 0 spiro atoms. The summed E-state index contributed by atoms with van der Waals surface area (Å²) >= 11 is 5.74.